The summed E-state index contributed by atoms with van der Waals surface area (Å²) < 4.78 is 10.1. The van der Waals surface area contributed by atoms with Crippen LogP contribution in [-0.2, 0) is 31.9 Å². The molecule has 0 aliphatic heterocycles. The quantitative estimate of drug-likeness (QED) is 0.267. The first kappa shape index (κ1) is 24.6. The maximum atomic E-state index is 12.8. The number of aryl methyl sites for hydroxylation is 1. The fourth-order valence-corrected chi connectivity index (χ4v) is 5.32. The molecule has 2 N–H and O–H groups in total. The number of nitrogens with zero attached hydrogens (tertiary/aromatic N) is 1. The van der Waals surface area contributed by atoms with Crippen LogP contribution in [0.1, 0.15) is 39.2 Å². The Morgan fingerprint density at radius 1 is 1.14 bits per heavy atom. The van der Waals surface area contributed by atoms with Crippen LogP contribution in [0.15, 0.2) is 42.6 Å². The maximum Gasteiger partial charge on any atom is 0.331 e. The predicted octanol–water partition coefficient (Wildman–Crippen LogP) is 3.75. The molecule has 0 saturated carbocycles. The van der Waals surface area contributed by atoms with Crippen molar-refractivity contribution in [1.82, 2.24) is 10.3 Å². The van der Waals surface area contributed by atoms with Gasteiger partial charge in [-0.1, -0.05) is 24.3 Å². The van der Waals surface area contributed by atoms with Gasteiger partial charge in [-0.15, -0.1) is 11.3 Å². The van der Waals surface area contributed by atoms with E-state index in [0.29, 0.717) is 23.7 Å². The lowest BCUT2D eigenvalue weighted by molar-refractivity contribution is -0.142. The number of amides is 2. The molecule has 8 nitrogen and oxygen atoms in total. The molecule has 0 radical (unpaired) electrons. The number of nitrogens with one attached hydrogen (secondary N) is 2. The molecule has 1 aromatic carbocycles. The van der Waals surface area contributed by atoms with E-state index in [-0.39, 0.29) is 5.91 Å². The Morgan fingerprint density at radius 3 is 2.83 bits per heavy atom. The van der Waals surface area contributed by atoms with E-state index in [1.165, 1.54) is 17.4 Å². The summed E-state index contributed by atoms with van der Waals surface area (Å²) >= 11 is 1.42. The molecule has 1 aliphatic rings. The molecule has 2 heterocycles. The third kappa shape index (κ3) is 6.12. The minimum absolute atomic E-state index is 0.236. The SMILES string of the molecule is COCCNC(=O)c1c(NC(=O)COC(=O)/C=C/c2cccc3cccnc23)sc2c1CCCC2. The summed E-state index contributed by atoms with van der Waals surface area (Å²) in [4.78, 5) is 43.0. The molecule has 2 amide bonds. The third-order valence-corrected chi connectivity index (χ3v) is 6.86. The first-order valence-corrected chi connectivity index (χ1v) is 12.3. The van der Waals surface area contributed by atoms with Crippen molar-refractivity contribution in [2.24, 2.45) is 0 Å². The number of carbonyl (C=O) groups is 3. The van der Waals surface area contributed by atoms with Crippen molar-refractivity contribution in [1.29, 1.82) is 0 Å². The standard InChI is InChI=1S/C26H27N3O5S/c1-33-15-14-28-25(32)23-19-9-2-3-10-20(19)35-26(23)29-21(30)16-34-22(31)12-11-18-7-4-6-17-8-5-13-27-24(17)18/h4-8,11-13H,2-3,9-10,14-16H2,1H3,(H,28,32)(H,29,30)/b12-11+. The zero-order valence-corrected chi connectivity index (χ0v) is 20.3. The van der Waals surface area contributed by atoms with Gasteiger partial charge >= 0.3 is 5.97 Å². The van der Waals surface area contributed by atoms with Crippen LogP contribution in [0.3, 0.4) is 0 Å². The number of rotatable bonds is 9. The van der Waals surface area contributed by atoms with E-state index in [4.69, 9.17) is 9.47 Å². The van der Waals surface area contributed by atoms with Crippen LogP contribution >= 0.6 is 11.3 Å². The van der Waals surface area contributed by atoms with Gasteiger partial charge in [0.25, 0.3) is 11.8 Å². The van der Waals surface area contributed by atoms with Gasteiger partial charge in [-0.25, -0.2) is 4.79 Å². The average molecular weight is 494 g/mol. The van der Waals surface area contributed by atoms with Gasteiger partial charge in [-0.05, 0) is 43.4 Å². The summed E-state index contributed by atoms with van der Waals surface area (Å²) in [6, 6.07) is 9.46. The van der Waals surface area contributed by atoms with Crippen LogP contribution in [0.2, 0.25) is 0 Å². The van der Waals surface area contributed by atoms with Crippen molar-refractivity contribution in [2.75, 3.05) is 32.2 Å². The summed E-state index contributed by atoms with van der Waals surface area (Å²) in [6.07, 6.45) is 8.33. The van der Waals surface area contributed by atoms with E-state index >= 15 is 0 Å². The van der Waals surface area contributed by atoms with Crippen molar-refractivity contribution >= 4 is 51.1 Å². The van der Waals surface area contributed by atoms with Gasteiger partial charge in [-0.3, -0.25) is 14.6 Å². The molecule has 0 bridgehead atoms. The molecule has 0 unspecified atom stereocenters. The number of fused-ring (bicyclic) bond motifs is 2. The zero-order valence-electron chi connectivity index (χ0n) is 19.5. The number of pyridine rings is 1. The van der Waals surface area contributed by atoms with E-state index < -0.39 is 18.5 Å². The fourth-order valence-electron chi connectivity index (χ4n) is 4.02. The highest BCUT2D eigenvalue weighted by Gasteiger charge is 2.26. The molecule has 2 aromatic heterocycles. The second kappa shape index (κ2) is 11.7. The Labute approximate surface area is 207 Å². The van der Waals surface area contributed by atoms with Crippen molar-refractivity contribution in [3.8, 4) is 0 Å². The van der Waals surface area contributed by atoms with Gasteiger partial charge in [0.1, 0.15) is 5.00 Å². The number of methoxy groups -OCH3 is 1. The molecule has 3 aromatic rings. The van der Waals surface area contributed by atoms with Crippen molar-refractivity contribution in [2.45, 2.75) is 25.7 Å². The Balaban J connectivity index is 1.38. The second-order valence-electron chi connectivity index (χ2n) is 8.08. The number of para-hydroxylation sites is 1. The van der Waals surface area contributed by atoms with E-state index in [2.05, 4.69) is 15.6 Å². The molecule has 4 rings (SSSR count). The van der Waals surface area contributed by atoms with Gasteiger partial charge in [0.2, 0.25) is 0 Å². The number of hydrogen-bond acceptors (Lipinski definition) is 7. The number of aromatic nitrogens is 1. The lowest BCUT2D eigenvalue weighted by Gasteiger charge is -2.13. The van der Waals surface area contributed by atoms with Crippen LogP contribution in [0.4, 0.5) is 5.00 Å². The number of hydrogen-bond donors (Lipinski definition) is 2. The number of ether oxygens (including phenoxy) is 2. The Kier molecular flexibility index (Phi) is 8.23. The molecule has 0 spiro atoms. The van der Waals surface area contributed by atoms with E-state index in [1.807, 2.05) is 30.3 Å². The Bertz CT molecular complexity index is 1260. The lowest BCUT2D eigenvalue weighted by atomic mass is 9.95. The van der Waals surface area contributed by atoms with Gasteiger partial charge in [0.15, 0.2) is 6.61 Å². The molecule has 0 fully saturated rings. The molecule has 182 valence electrons. The van der Waals surface area contributed by atoms with E-state index in [1.54, 1.807) is 19.4 Å². The highest BCUT2D eigenvalue weighted by Crippen LogP contribution is 2.38. The smallest absolute Gasteiger partial charge is 0.331 e. The predicted molar refractivity (Wildman–Crippen MR) is 136 cm³/mol. The number of carbonyl (C=O) groups excluding carboxylic acids is 3. The van der Waals surface area contributed by atoms with Crippen molar-refractivity contribution < 1.29 is 23.9 Å². The number of esters is 1. The fraction of sp³-hybridized carbons (Fsp3) is 0.308. The van der Waals surface area contributed by atoms with Gasteiger partial charge < -0.3 is 20.1 Å². The number of anilines is 1. The van der Waals surface area contributed by atoms with Crippen LogP contribution < -0.4 is 10.6 Å². The number of thiophene rings is 1. The van der Waals surface area contributed by atoms with E-state index in [0.717, 1.165) is 52.6 Å². The minimum Gasteiger partial charge on any atom is -0.452 e. The van der Waals surface area contributed by atoms with Gasteiger partial charge in [0.05, 0.1) is 17.7 Å². The summed E-state index contributed by atoms with van der Waals surface area (Å²) in [5.74, 6) is -1.38. The summed E-state index contributed by atoms with van der Waals surface area (Å²) in [7, 11) is 1.57. The van der Waals surface area contributed by atoms with Crippen LogP contribution in [0.5, 0.6) is 0 Å². The van der Waals surface area contributed by atoms with Crippen molar-refractivity contribution in [3.63, 3.8) is 0 Å². The molecular weight excluding hydrogens is 466 g/mol. The van der Waals surface area contributed by atoms with E-state index in [9.17, 15) is 14.4 Å². The average Bonchev–Trinajstić information content (AvgIpc) is 3.24. The Hall–Kier alpha value is -3.56. The first-order valence-electron chi connectivity index (χ1n) is 11.5. The lowest BCUT2D eigenvalue weighted by Crippen LogP contribution is -2.29. The normalized spacial score (nSPS) is 12.9. The first-order chi connectivity index (χ1) is 17.1. The van der Waals surface area contributed by atoms with Crippen LogP contribution in [-0.4, -0.2) is 49.6 Å². The monoisotopic (exact) mass is 493 g/mol. The minimum atomic E-state index is -0.643. The Morgan fingerprint density at radius 2 is 1.97 bits per heavy atom. The van der Waals surface area contributed by atoms with Gasteiger partial charge in [0, 0.05) is 41.8 Å². The highest BCUT2D eigenvalue weighted by molar-refractivity contribution is 7.17. The topological polar surface area (TPSA) is 107 Å². The third-order valence-electron chi connectivity index (χ3n) is 5.65. The zero-order chi connectivity index (χ0) is 24.6. The molecule has 0 atom stereocenters. The molecule has 9 heteroatoms. The summed E-state index contributed by atoms with van der Waals surface area (Å²) in [6.45, 7) is 0.325. The summed E-state index contributed by atoms with van der Waals surface area (Å²) in [5.41, 5.74) is 3.05. The maximum absolute atomic E-state index is 12.8. The molecule has 1 aliphatic carbocycles. The largest absolute Gasteiger partial charge is 0.452 e. The van der Waals surface area contributed by atoms with Crippen LogP contribution in [0, 0.1) is 0 Å². The molecule has 35 heavy (non-hydrogen) atoms. The summed E-state index contributed by atoms with van der Waals surface area (Å²) in [5, 5.41) is 7.06. The second-order valence-corrected chi connectivity index (χ2v) is 9.18. The van der Waals surface area contributed by atoms with Gasteiger partial charge in [-0.2, -0.15) is 0 Å². The molecule has 0 saturated heterocycles. The molecular formula is C26H27N3O5S. The van der Waals surface area contributed by atoms with Crippen molar-refractivity contribution in [3.05, 3.63) is 64.2 Å². The highest BCUT2D eigenvalue weighted by atomic mass is 32.1. The van der Waals surface area contributed by atoms with Crippen LogP contribution in [0.25, 0.3) is 17.0 Å². The number of benzene rings is 1.